The molecule has 0 saturated heterocycles. The van der Waals surface area contributed by atoms with Gasteiger partial charge in [-0.3, -0.25) is 0 Å². The maximum atomic E-state index is 10.8. The van der Waals surface area contributed by atoms with Gasteiger partial charge in [0.1, 0.15) is 0 Å². The Morgan fingerprint density at radius 1 is 1.57 bits per heavy atom. The molecule has 1 rings (SSSR count). The highest BCUT2D eigenvalue weighted by Crippen LogP contribution is 2.38. The SMILES string of the molecule is C=CC(=O)OCCC1(OCC)CCC1. The molecule has 0 atom stereocenters. The first kappa shape index (κ1) is 11.2. The van der Waals surface area contributed by atoms with Gasteiger partial charge in [0.2, 0.25) is 0 Å². The second-order valence-electron chi connectivity index (χ2n) is 3.59. The topological polar surface area (TPSA) is 35.5 Å². The summed E-state index contributed by atoms with van der Waals surface area (Å²) < 4.78 is 10.6. The monoisotopic (exact) mass is 198 g/mol. The molecule has 0 amide bonds. The highest BCUT2D eigenvalue weighted by molar-refractivity contribution is 5.81. The van der Waals surface area contributed by atoms with Crippen molar-refractivity contribution >= 4 is 5.97 Å². The van der Waals surface area contributed by atoms with E-state index in [0.29, 0.717) is 6.61 Å². The maximum absolute atomic E-state index is 10.8. The van der Waals surface area contributed by atoms with Crippen molar-refractivity contribution in [3.8, 4) is 0 Å². The lowest BCUT2D eigenvalue weighted by atomic mass is 9.78. The van der Waals surface area contributed by atoms with E-state index in [1.165, 1.54) is 12.5 Å². The van der Waals surface area contributed by atoms with Gasteiger partial charge in [0.15, 0.2) is 0 Å². The Morgan fingerprint density at radius 2 is 2.29 bits per heavy atom. The molecule has 0 bridgehead atoms. The highest BCUT2D eigenvalue weighted by atomic mass is 16.5. The third-order valence-electron chi connectivity index (χ3n) is 2.68. The summed E-state index contributed by atoms with van der Waals surface area (Å²) in [7, 11) is 0. The summed E-state index contributed by atoms with van der Waals surface area (Å²) in [6.07, 6.45) is 5.39. The summed E-state index contributed by atoms with van der Waals surface area (Å²) in [5.41, 5.74) is -0.00377. The number of hydrogen-bond donors (Lipinski definition) is 0. The number of rotatable bonds is 6. The van der Waals surface area contributed by atoms with E-state index in [9.17, 15) is 4.79 Å². The van der Waals surface area contributed by atoms with E-state index < -0.39 is 0 Å². The normalized spacial score (nSPS) is 18.4. The van der Waals surface area contributed by atoms with E-state index >= 15 is 0 Å². The van der Waals surface area contributed by atoms with E-state index in [1.54, 1.807) is 0 Å². The Kier molecular flexibility index (Phi) is 4.14. The van der Waals surface area contributed by atoms with Crippen molar-refractivity contribution in [2.45, 2.75) is 38.2 Å². The minimum absolute atomic E-state index is 0.00377. The van der Waals surface area contributed by atoms with Crippen molar-refractivity contribution in [3.63, 3.8) is 0 Å². The minimum Gasteiger partial charge on any atom is -0.462 e. The molecule has 0 heterocycles. The molecule has 0 spiro atoms. The van der Waals surface area contributed by atoms with Crippen LogP contribution in [0.3, 0.4) is 0 Å². The van der Waals surface area contributed by atoms with Crippen LogP contribution in [0, 0.1) is 0 Å². The highest BCUT2D eigenvalue weighted by Gasteiger charge is 2.37. The van der Waals surface area contributed by atoms with Gasteiger partial charge >= 0.3 is 5.97 Å². The van der Waals surface area contributed by atoms with Crippen LogP contribution < -0.4 is 0 Å². The summed E-state index contributed by atoms with van der Waals surface area (Å²) in [5, 5.41) is 0. The largest absolute Gasteiger partial charge is 0.462 e. The number of hydrogen-bond acceptors (Lipinski definition) is 3. The van der Waals surface area contributed by atoms with Gasteiger partial charge in [-0.2, -0.15) is 0 Å². The Labute approximate surface area is 85.1 Å². The van der Waals surface area contributed by atoms with Crippen molar-refractivity contribution in [3.05, 3.63) is 12.7 Å². The first-order valence-corrected chi connectivity index (χ1v) is 5.15. The standard InChI is InChI=1S/C11H18O3/c1-3-10(12)13-9-8-11(14-4-2)6-5-7-11/h3H,1,4-9H2,2H3. The van der Waals surface area contributed by atoms with Crippen LogP contribution in [0.4, 0.5) is 0 Å². The molecule has 0 aliphatic heterocycles. The summed E-state index contributed by atoms with van der Waals surface area (Å²) in [5.74, 6) is -0.351. The van der Waals surface area contributed by atoms with Crippen LogP contribution in [-0.4, -0.2) is 24.8 Å². The Balaban J connectivity index is 2.21. The van der Waals surface area contributed by atoms with E-state index in [1.807, 2.05) is 6.92 Å². The molecule has 0 N–H and O–H groups in total. The van der Waals surface area contributed by atoms with Crippen molar-refractivity contribution < 1.29 is 14.3 Å². The molecular weight excluding hydrogens is 180 g/mol. The average molecular weight is 198 g/mol. The van der Waals surface area contributed by atoms with Gasteiger partial charge in [-0.25, -0.2) is 4.79 Å². The van der Waals surface area contributed by atoms with Crippen molar-refractivity contribution in [1.82, 2.24) is 0 Å². The van der Waals surface area contributed by atoms with Crippen LogP contribution in [0.1, 0.15) is 32.6 Å². The number of carbonyl (C=O) groups excluding carboxylic acids is 1. The predicted molar refractivity (Wildman–Crippen MR) is 54.0 cm³/mol. The Morgan fingerprint density at radius 3 is 2.71 bits per heavy atom. The predicted octanol–water partition coefficient (Wildman–Crippen LogP) is 2.06. The molecule has 0 unspecified atom stereocenters. The summed E-state index contributed by atoms with van der Waals surface area (Å²) in [4.78, 5) is 10.8. The molecule has 3 nitrogen and oxygen atoms in total. The molecule has 1 aliphatic carbocycles. The Hall–Kier alpha value is -0.830. The van der Waals surface area contributed by atoms with Crippen LogP contribution in [0.5, 0.6) is 0 Å². The second kappa shape index (κ2) is 5.15. The molecular formula is C11H18O3. The number of esters is 1. The molecule has 0 radical (unpaired) electrons. The molecule has 0 aromatic rings. The van der Waals surface area contributed by atoms with Crippen LogP contribution in [0.2, 0.25) is 0 Å². The van der Waals surface area contributed by atoms with Crippen LogP contribution >= 0.6 is 0 Å². The molecule has 1 fully saturated rings. The first-order chi connectivity index (χ1) is 6.72. The average Bonchev–Trinajstić information content (AvgIpc) is 2.13. The smallest absolute Gasteiger partial charge is 0.330 e. The van der Waals surface area contributed by atoms with Crippen LogP contribution in [-0.2, 0) is 14.3 Å². The molecule has 0 aromatic heterocycles. The number of carbonyl (C=O) groups is 1. The van der Waals surface area contributed by atoms with Gasteiger partial charge in [-0.1, -0.05) is 6.58 Å². The van der Waals surface area contributed by atoms with Gasteiger partial charge in [0.25, 0.3) is 0 Å². The fourth-order valence-corrected chi connectivity index (χ4v) is 1.74. The summed E-state index contributed by atoms with van der Waals surface area (Å²) in [6.45, 7) is 6.50. The zero-order chi connectivity index (χ0) is 10.4. The molecule has 1 aliphatic rings. The van der Waals surface area contributed by atoms with Gasteiger partial charge in [-0.15, -0.1) is 0 Å². The van der Waals surface area contributed by atoms with Crippen LogP contribution in [0.25, 0.3) is 0 Å². The van der Waals surface area contributed by atoms with E-state index in [4.69, 9.17) is 9.47 Å². The van der Waals surface area contributed by atoms with Gasteiger partial charge in [0.05, 0.1) is 12.2 Å². The summed E-state index contributed by atoms with van der Waals surface area (Å²) in [6, 6.07) is 0. The fourth-order valence-electron chi connectivity index (χ4n) is 1.74. The minimum atomic E-state index is -0.351. The third-order valence-corrected chi connectivity index (χ3v) is 2.68. The first-order valence-electron chi connectivity index (χ1n) is 5.15. The zero-order valence-corrected chi connectivity index (χ0v) is 8.75. The molecule has 1 saturated carbocycles. The van der Waals surface area contributed by atoms with Crippen LogP contribution in [0.15, 0.2) is 12.7 Å². The fraction of sp³-hybridized carbons (Fsp3) is 0.727. The van der Waals surface area contributed by atoms with Crippen molar-refractivity contribution in [2.24, 2.45) is 0 Å². The third kappa shape index (κ3) is 2.84. The van der Waals surface area contributed by atoms with Crippen molar-refractivity contribution in [1.29, 1.82) is 0 Å². The second-order valence-corrected chi connectivity index (χ2v) is 3.59. The van der Waals surface area contributed by atoms with E-state index in [0.717, 1.165) is 25.9 Å². The lowest BCUT2D eigenvalue weighted by Gasteiger charge is -2.41. The lowest BCUT2D eigenvalue weighted by Crippen LogP contribution is -2.41. The Bertz CT molecular complexity index is 207. The van der Waals surface area contributed by atoms with E-state index in [-0.39, 0.29) is 11.6 Å². The van der Waals surface area contributed by atoms with E-state index in [2.05, 4.69) is 6.58 Å². The lowest BCUT2D eigenvalue weighted by molar-refractivity contribution is -0.144. The zero-order valence-electron chi connectivity index (χ0n) is 8.75. The molecule has 80 valence electrons. The van der Waals surface area contributed by atoms with Crippen molar-refractivity contribution in [2.75, 3.05) is 13.2 Å². The van der Waals surface area contributed by atoms with Gasteiger partial charge in [-0.05, 0) is 26.2 Å². The number of ether oxygens (including phenoxy) is 2. The maximum Gasteiger partial charge on any atom is 0.330 e. The molecule has 3 heteroatoms. The van der Waals surface area contributed by atoms with Gasteiger partial charge < -0.3 is 9.47 Å². The molecule has 14 heavy (non-hydrogen) atoms. The van der Waals surface area contributed by atoms with Gasteiger partial charge in [0, 0.05) is 19.1 Å². The quantitative estimate of drug-likeness (QED) is 0.484. The summed E-state index contributed by atoms with van der Waals surface area (Å²) >= 11 is 0. The molecule has 0 aromatic carbocycles.